The van der Waals surface area contributed by atoms with Gasteiger partial charge in [-0.3, -0.25) is 4.79 Å². The lowest BCUT2D eigenvalue weighted by atomic mass is 9.93. The zero-order chi connectivity index (χ0) is 24.9. The Labute approximate surface area is 212 Å². The molecule has 2 aliphatic carbocycles. The van der Waals surface area contributed by atoms with Gasteiger partial charge in [0.2, 0.25) is 5.95 Å². The van der Waals surface area contributed by atoms with E-state index in [9.17, 15) is 9.90 Å². The number of benzene rings is 1. The molecule has 2 saturated carbocycles. The van der Waals surface area contributed by atoms with Crippen LogP contribution < -0.4 is 10.6 Å². The van der Waals surface area contributed by atoms with Crippen LogP contribution in [0, 0.1) is 5.92 Å². The van der Waals surface area contributed by atoms with Gasteiger partial charge in [0.05, 0.1) is 24.1 Å². The fourth-order valence-corrected chi connectivity index (χ4v) is 5.48. The summed E-state index contributed by atoms with van der Waals surface area (Å²) in [4.78, 5) is 21.9. The van der Waals surface area contributed by atoms with E-state index in [1.807, 2.05) is 30.5 Å². The van der Waals surface area contributed by atoms with Crippen molar-refractivity contribution in [3.05, 3.63) is 30.5 Å². The van der Waals surface area contributed by atoms with E-state index in [1.165, 1.54) is 12.8 Å². The van der Waals surface area contributed by atoms with E-state index < -0.39 is 0 Å². The minimum Gasteiger partial charge on any atom is -0.393 e. The van der Waals surface area contributed by atoms with Gasteiger partial charge in [-0.15, -0.1) is 0 Å². The number of fused-ring (bicyclic) bond motifs is 1. The summed E-state index contributed by atoms with van der Waals surface area (Å²) in [6, 6.07) is 8.34. The first-order chi connectivity index (χ1) is 17.6. The second-order valence-corrected chi connectivity index (χ2v) is 10.3. The van der Waals surface area contributed by atoms with Crippen molar-refractivity contribution < 1.29 is 9.90 Å². The van der Waals surface area contributed by atoms with Crippen molar-refractivity contribution in [2.45, 2.75) is 83.3 Å². The van der Waals surface area contributed by atoms with Crippen LogP contribution in [0.15, 0.2) is 30.5 Å². The number of anilines is 2. The lowest BCUT2D eigenvalue weighted by Gasteiger charge is -2.25. The fourth-order valence-electron chi connectivity index (χ4n) is 5.48. The molecule has 8 heteroatoms. The van der Waals surface area contributed by atoms with Crippen LogP contribution in [0.3, 0.4) is 0 Å². The highest BCUT2D eigenvalue weighted by Crippen LogP contribution is 2.35. The molecule has 36 heavy (non-hydrogen) atoms. The first kappa shape index (κ1) is 24.7. The van der Waals surface area contributed by atoms with Crippen LogP contribution in [0.25, 0.3) is 22.3 Å². The summed E-state index contributed by atoms with van der Waals surface area (Å²) >= 11 is 0. The number of hydrogen-bond donors (Lipinski definition) is 3. The van der Waals surface area contributed by atoms with Gasteiger partial charge in [-0.2, -0.15) is 10.1 Å². The number of hydrogen-bond acceptors (Lipinski definition) is 7. The number of carbonyl (C=O) groups excluding carboxylic acids is 1. The summed E-state index contributed by atoms with van der Waals surface area (Å²) in [7, 11) is 0. The van der Waals surface area contributed by atoms with E-state index in [2.05, 4.69) is 27.2 Å². The van der Waals surface area contributed by atoms with Crippen molar-refractivity contribution in [2.75, 3.05) is 23.7 Å². The second kappa shape index (κ2) is 11.4. The molecular weight excluding hydrogens is 452 g/mol. The topological polar surface area (TPSA) is 105 Å². The highest BCUT2D eigenvalue weighted by atomic mass is 16.3. The van der Waals surface area contributed by atoms with E-state index in [0.29, 0.717) is 18.3 Å². The molecule has 3 aromatic rings. The summed E-state index contributed by atoms with van der Waals surface area (Å²) in [6.45, 7) is 3.39. The third-order valence-electron chi connectivity index (χ3n) is 7.71. The Bertz CT molecular complexity index is 1160. The Morgan fingerprint density at radius 3 is 2.53 bits per heavy atom. The van der Waals surface area contributed by atoms with Crippen LogP contribution in [-0.2, 0) is 4.79 Å². The van der Waals surface area contributed by atoms with Crippen LogP contribution in [0.2, 0.25) is 0 Å². The summed E-state index contributed by atoms with van der Waals surface area (Å²) < 4.78 is 2.05. The molecule has 0 atom stereocenters. The van der Waals surface area contributed by atoms with Crippen molar-refractivity contribution in [1.82, 2.24) is 19.7 Å². The molecule has 2 heterocycles. The molecule has 5 rings (SSSR count). The normalized spacial score (nSPS) is 20.6. The quantitative estimate of drug-likeness (QED) is 0.329. The molecule has 0 bridgehead atoms. The van der Waals surface area contributed by atoms with Gasteiger partial charge in [-0.25, -0.2) is 9.67 Å². The first-order valence-corrected chi connectivity index (χ1v) is 13.7. The summed E-state index contributed by atoms with van der Waals surface area (Å²) in [5, 5.41) is 22.6. The molecule has 0 radical (unpaired) electrons. The van der Waals surface area contributed by atoms with E-state index in [1.54, 1.807) is 0 Å². The maximum atomic E-state index is 12.4. The van der Waals surface area contributed by atoms with Crippen LogP contribution >= 0.6 is 0 Å². The summed E-state index contributed by atoms with van der Waals surface area (Å²) in [5.74, 6) is 1.18. The highest BCUT2D eigenvalue weighted by molar-refractivity contribution is 5.91. The Kier molecular flexibility index (Phi) is 7.80. The molecule has 1 aromatic carbocycles. The van der Waals surface area contributed by atoms with Crippen molar-refractivity contribution in [2.24, 2.45) is 5.92 Å². The third-order valence-corrected chi connectivity index (χ3v) is 7.71. The number of aliphatic hydroxyl groups is 1. The number of nitrogens with one attached hydrogen (secondary N) is 2. The first-order valence-electron chi connectivity index (χ1n) is 13.7. The minimum absolute atomic E-state index is 0.214. The predicted molar refractivity (Wildman–Crippen MR) is 143 cm³/mol. The average molecular weight is 491 g/mol. The van der Waals surface area contributed by atoms with Crippen molar-refractivity contribution in [3.63, 3.8) is 0 Å². The van der Waals surface area contributed by atoms with Gasteiger partial charge in [0.25, 0.3) is 0 Å². The molecular formula is C28H38N6O2. The Hall–Kier alpha value is -3.00. The van der Waals surface area contributed by atoms with Crippen LogP contribution in [0.1, 0.15) is 77.2 Å². The summed E-state index contributed by atoms with van der Waals surface area (Å²) in [6.07, 6.45) is 11.6. The fraction of sp³-hybridized carbons (Fsp3) is 0.571. The van der Waals surface area contributed by atoms with Gasteiger partial charge in [-0.05, 0) is 57.1 Å². The average Bonchev–Trinajstić information content (AvgIpc) is 3.57. The Morgan fingerprint density at radius 2 is 1.81 bits per heavy atom. The van der Waals surface area contributed by atoms with E-state index in [-0.39, 0.29) is 18.1 Å². The van der Waals surface area contributed by atoms with Crippen LogP contribution in [0.5, 0.6) is 0 Å². The number of ketones is 1. The molecule has 0 spiro atoms. The molecule has 192 valence electrons. The van der Waals surface area contributed by atoms with Crippen LogP contribution in [-0.4, -0.2) is 49.8 Å². The highest BCUT2D eigenvalue weighted by Gasteiger charge is 2.26. The maximum absolute atomic E-state index is 12.4. The number of aromatic nitrogens is 4. The van der Waals surface area contributed by atoms with E-state index in [0.717, 1.165) is 85.9 Å². The molecule has 2 aliphatic rings. The van der Waals surface area contributed by atoms with Crippen molar-refractivity contribution in [1.29, 1.82) is 0 Å². The lowest BCUT2D eigenvalue weighted by Crippen LogP contribution is -2.22. The molecule has 0 aliphatic heterocycles. The molecule has 0 amide bonds. The van der Waals surface area contributed by atoms with Crippen molar-refractivity contribution in [3.8, 4) is 11.3 Å². The lowest BCUT2D eigenvalue weighted by molar-refractivity contribution is -0.120. The van der Waals surface area contributed by atoms with Gasteiger partial charge >= 0.3 is 0 Å². The number of carbonyl (C=O) groups is 1. The molecule has 0 saturated heterocycles. The largest absolute Gasteiger partial charge is 0.393 e. The van der Waals surface area contributed by atoms with E-state index in [4.69, 9.17) is 10.1 Å². The van der Waals surface area contributed by atoms with Crippen molar-refractivity contribution >= 4 is 28.5 Å². The number of aliphatic hydroxyl groups excluding tert-OH is 1. The van der Waals surface area contributed by atoms with Crippen LogP contribution in [0.4, 0.5) is 11.6 Å². The zero-order valence-electron chi connectivity index (χ0n) is 21.2. The molecule has 8 nitrogen and oxygen atoms in total. The number of nitrogens with zero attached hydrogens (tertiary/aromatic N) is 4. The third kappa shape index (κ3) is 5.53. The Morgan fingerprint density at radius 1 is 1.06 bits per heavy atom. The molecule has 2 aromatic heterocycles. The second-order valence-electron chi connectivity index (χ2n) is 10.3. The van der Waals surface area contributed by atoms with Gasteiger partial charge in [0.1, 0.15) is 5.69 Å². The zero-order valence-corrected chi connectivity index (χ0v) is 21.2. The van der Waals surface area contributed by atoms with E-state index >= 15 is 0 Å². The summed E-state index contributed by atoms with van der Waals surface area (Å²) in [5.41, 5.74) is 3.64. The van der Waals surface area contributed by atoms with Gasteiger partial charge in [0, 0.05) is 29.9 Å². The number of Topliss-reactive ketones (excluding diaryl/α,β-unsaturated/α-hetero) is 1. The minimum atomic E-state index is -0.218. The molecule has 0 unspecified atom stereocenters. The Balaban J connectivity index is 1.38. The van der Waals surface area contributed by atoms with Gasteiger partial charge in [0.15, 0.2) is 11.4 Å². The molecule has 2 fully saturated rings. The standard InChI is InChI=1S/C28H38N6O2/c1-2-3-16-29-28-31-17-24-26(33-34(27(24)32-28)22-12-14-23(35)15-13-22)20-8-10-21(11-9-20)30-18-25(36)19-6-4-5-7-19/h8-11,17,19,22-23,30,35H,2-7,12-16,18H2,1H3,(H,29,31,32). The number of rotatable bonds is 10. The molecule has 3 N–H and O–H groups in total. The van der Waals surface area contributed by atoms with Gasteiger partial charge in [-0.1, -0.05) is 38.3 Å². The maximum Gasteiger partial charge on any atom is 0.224 e. The smallest absolute Gasteiger partial charge is 0.224 e. The SMILES string of the molecule is CCCCNc1ncc2c(-c3ccc(NCC(=O)C4CCCC4)cc3)nn(C3CCC(O)CC3)c2n1. The van der Waals surface area contributed by atoms with Gasteiger partial charge < -0.3 is 15.7 Å². The predicted octanol–water partition coefficient (Wildman–Crippen LogP) is 5.35. The monoisotopic (exact) mass is 490 g/mol. The number of unbranched alkanes of at least 4 members (excludes halogenated alkanes) is 1.